The molecular formula is C5H12NO2+. The Morgan fingerprint density at radius 1 is 1.50 bits per heavy atom. The van der Waals surface area contributed by atoms with Gasteiger partial charge in [0.15, 0.2) is 6.61 Å². The Labute approximate surface area is 49.0 Å². The van der Waals surface area contributed by atoms with Gasteiger partial charge in [0.05, 0.1) is 4.91 Å². The molecular weight excluding hydrogens is 106 g/mol. The van der Waals surface area contributed by atoms with E-state index in [9.17, 15) is 4.91 Å². The van der Waals surface area contributed by atoms with E-state index >= 15 is 0 Å². The Balaban J connectivity index is 2.62. The van der Waals surface area contributed by atoms with Crippen molar-refractivity contribution in [2.75, 3.05) is 6.61 Å². The monoisotopic (exact) mass is 118 g/mol. The smallest absolute Gasteiger partial charge is 0.201 e. The van der Waals surface area contributed by atoms with Crippen LogP contribution in [0.5, 0.6) is 0 Å². The lowest BCUT2D eigenvalue weighted by atomic mass is 10.3. The molecule has 8 heavy (non-hydrogen) atoms. The fourth-order valence-electron chi connectivity index (χ4n) is 0.466. The normalized spacial score (nSPS) is 8.62. The van der Waals surface area contributed by atoms with Gasteiger partial charge in [-0.25, -0.2) is 4.84 Å². The van der Waals surface area contributed by atoms with E-state index in [0.717, 1.165) is 19.3 Å². The summed E-state index contributed by atoms with van der Waals surface area (Å²) < 4.78 is 0. The quantitative estimate of drug-likeness (QED) is 0.406. The van der Waals surface area contributed by atoms with Gasteiger partial charge in [-0.05, 0) is 6.42 Å². The largest absolute Gasteiger partial charge is 0.234 e. The van der Waals surface area contributed by atoms with Crippen molar-refractivity contribution in [3.05, 3.63) is 4.91 Å². The third kappa shape index (κ3) is 5.40. The highest BCUT2D eigenvalue weighted by atomic mass is 16.7. The molecule has 0 atom stereocenters. The first-order valence-corrected chi connectivity index (χ1v) is 2.90. The van der Waals surface area contributed by atoms with E-state index in [1.165, 1.54) is 5.34 Å². The van der Waals surface area contributed by atoms with E-state index < -0.39 is 0 Å². The Morgan fingerprint density at radius 3 is 2.75 bits per heavy atom. The third-order valence-electron chi connectivity index (χ3n) is 0.909. The maximum atomic E-state index is 9.42. The molecule has 1 N–H and O–H groups in total. The van der Waals surface area contributed by atoms with Gasteiger partial charge < -0.3 is 0 Å². The average Bonchev–Trinajstić information content (AvgIpc) is 1.81. The standard InChI is InChI=1S/C5H12NO2/c1-2-3-4-5-8-6-7/h6H,2-5H2,1H3/q+1. The molecule has 3 heteroatoms. The van der Waals surface area contributed by atoms with E-state index in [1.807, 2.05) is 0 Å². The molecule has 0 heterocycles. The minimum absolute atomic E-state index is 0.525. The number of nitrogens with one attached hydrogen (secondary N) is 1. The topological polar surface area (TPSA) is 40.3 Å². The van der Waals surface area contributed by atoms with Crippen LogP contribution >= 0.6 is 0 Å². The van der Waals surface area contributed by atoms with Crippen LogP contribution in [0.4, 0.5) is 0 Å². The molecule has 0 aliphatic heterocycles. The first-order chi connectivity index (χ1) is 3.91. The summed E-state index contributed by atoms with van der Waals surface area (Å²) in [5.41, 5.74) is 0. The zero-order valence-electron chi connectivity index (χ0n) is 5.14. The van der Waals surface area contributed by atoms with Gasteiger partial charge in [-0.1, -0.05) is 19.8 Å². The molecule has 0 radical (unpaired) electrons. The molecule has 0 amide bonds. The third-order valence-corrected chi connectivity index (χ3v) is 0.909. The second-order valence-electron chi connectivity index (χ2n) is 1.64. The Bertz CT molecular complexity index is 56.4. The van der Waals surface area contributed by atoms with Crippen LogP contribution in [0.3, 0.4) is 0 Å². The minimum Gasteiger partial charge on any atom is -0.234 e. The lowest BCUT2D eigenvalue weighted by Gasteiger charge is -1.87. The first kappa shape index (κ1) is 7.40. The molecule has 0 aromatic rings. The van der Waals surface area contributed by atoms with Crippen molar-refractivity contribution in [1.82, 2.24) is 0 Å². The molecule has 0 aliphatic rings. The van der Waals surface area contributed by atoms with Gasteiger partial charge in [-0.15, -0.1) is 0 Å². The van der Waals surface area contributed by atoms with Gasteiger partial charge in [-0.2, -0.15) is 0 Å². The molecule has 0 rings (SSSR count). The van der Waals surface area contributed by atoms with Crippen LogP contribution < -0.4 is 5.34 Å². The van der Waals surface area contributed by atoms with Gasteiger partial charge in [0.1, 0.15) is 0 Å². The van der Waals surface area contributed by atoms with E-state index in [2.05, 4.69) is 11.8 Å². The number of hydrogen-bond acceptors (Lipinski definition) is 2. The molecule has 0 spiro atoms. The number of rotatable bonds is 5. The molecule has 48 valence electrons. The van der Waals surface area contributed by atoms with Crippen LogP contribution in [-0.4, -0.2) is 6.61 Å². The highest BCUT2D eigenvalue weighted by molar-refractivity contribution is 4.31. The summed E-state index contributed by atoms with van der Waals surface area (Å²) >= 11 is 0. The van der Waals surface area contributed by atoms with Crippen LogP contribution in [0.1, 0.15) is 26.2 Å². The Kier molecular flexibility index (Phi) is 5.92. The van der Waals surface area contributed by atoms with Crippen molar-refractivity contribution in [3.8, 4) is 0 Å². The maximum absolute atomic E-state index is 9.42. The minimum atomic E-state index is 0.525. The van der Waals surface area contributed by atoms with E-state index in [-0.39, 0.29) is 0 Å². The average molecular weight is 118 g/mol. The van der Waals surface area contributed by atoms with Crippen molar-refractivity contribution in [1.29, 1.82) is 0 Å². The van der Waals surface area contributed by atoms with Gasteiger partial charge in [0.25, 0.3) is 0 Å². The number of hydrogen-bond donors (Lipinski definition) is 1. The summed E-state index contributed by atoms with van der Waals surface area (Å²) in [6, 6.07) is 0. The predicted octanol–water partition coefficient (Wildman–Crippen LogP) is -0.0448. The molecule has 0 saturated carbocycles. The molecule has 0 bridgehead atoms. The van der Waals surface area contributed by atoms with Crippen LogP contribution in [0.15, 0.2) is 0 Å². The molecule has 0 aromatic carbocycles. The van der Waals surface area contributed by atoms with Crippen molar-refractivity contribution < 1.29 is 10.2 Å². The summed E-state index contributed by atoms with van der Waals surface area (Å²) in [7, 11) is 0. The van der Waals surface area contributed by atoms with Crippen LogP contribution in [0.2, 0.25) is 0 Å². The summed E-state index contributed by atoms with van der Waals surface area (Å²) in [5.74, 6) is 0. The van der Waals surface area contributed by atoms with Gasteiger partial charge in [0, 0.05) is 0 Å². The van der Waals surface area contributed by atoms with Gasteiger partial charge >= 0.3 is 0 Å². The second-order valence-corrected chi connectivity index (χ2v) is 1.64. The molecule has 0 saturated heterocycles. The molecule has 3 nitrogen and oxygen atoms in total. The first-order valence-electron chi connectivity index (χ1n) is 2.90. The van der Waals surface area contributed by atoms with Crippen LogP contribution in [0, 0.1) is 4.91 Å². The molecule has 0 aliphatic carbocycles. The van der Waals surface area contributed by atoms with Crippen LogP contribution in [-0.2, 0) is 4.84 Å². The van der Waals surface area contributed by atoms with E-state index in [4.69, 9.17) is 0 Å². The zero-order valence-corrected chi connectivity index (χ0v) is 5.14. The second kappa shape index (κ2) is 6.40. The highest BCUT2D eigenvalue weighted by Gasteiger charge is 1.86. The molecule has 0 fully saturated rings. The summed E-state index contributed by atoms with van der Waals surface area (Å²) in [4.78, 5) is 13.8. The summed E-state index contributed by atoms with van der Waals surface area (Å²) in [5, 5.41) is 1.38. The van der Waals surface area contributed by atoms with Crippen molar-refractivity contribution in [2.24, 2.45) is 0 Å². The fourth-order valence-corrected chi connectivity index (χ4v) is 0.466. The van der Waals surface area contributed by atoms with Crippen molar-refractivity contribution in [2.45, 2.75) is 26.2 Å². The Hall–Kier alpha value is -0.600. The highest BCUT2D eigenvalue weighted by Crippen LogP contribution is 1.90. The van der Waals surface area contributed by atoms with Crippen molar-refractivity contribution >= 4 is 0 Å². The number of unbranched alkanes of at least 4 members (excludes halogenated alkanes) is 2. The molecule has 0 aromatic heterocycles. The zero-order chi connectivity index (χ0) is 6.24. The fraction of sp³-hybridized carbons (Fsp3) is 1.00. The predicted molar refractivity (Wildman–Crippen MR) is 29.8 cm³/mol. The van der Waals surface area contributed by atoms with E-state index in [0.29, 0.717) is 6.61 Å². The molecule has 0 unspecified atom stereocenters. The van der Waals surface area contributed by atoms with Crippen molar-refractivity contribution in [3.63, 3.8) is 0 Å². The van der Waals surface area contributed by atoms with E-state index in [1.54, 1.807) is 0 Å². The van der Waals surface area contributed by atoms with Crippen LogP contribution in [0.25, 0.3) is 0 Å². The van der Waals surface area contributed by atoms with Gasteiger partial charge in [-0.3, -0.25) is 0 Å². The lowest BCUT2D eigenvalue weighted by Crippen LogP contribution is -2.62. The lowest BCUT2D eigenvalue weighted by molar-refractivity contribution is -0.770. The summed E-state index contributed by atoms with van der Waals surface area (Å²) in [6.07, 6.45) is 3.25. The summed E-state index contributed by atoms with van der Waals surface area (Å²) in [6.45, 7) is 2.63. The SMILES string of the molecule is CCCCCO[NH+]=O. The maximum Gasteiger partial charge on any atom is 0.201 e. The van der Waals surface area contributed by atoms with Gasteiger partial charge in [0.2, 0.25) is 5.34 Å². The Morgan fingerprint density at radius 2 is 2.25 bits per heavy atom.